The van der Waals surface area contributed by atoms with Crippen LogP contribution in [0.1, 0.15) is 20.8 Å². The maximum atomic E-state index is 12.0. The van der Waals surface area contributed by atoms with Crippen molar-refractivity contribution in [2.45, 2.75) is 0 Å². The highest BCUT2D eigenvalue weighted by atomic mass is 35.5. The first-order valence-corrected chi connectivity index (χ1v) is 6.53. The van der Waals surface area contributed by atoms with E-state index in [-0.39, 0.29) is 32.1 Å². The van der Waals surface area contributed by atoms with Gasteiger partial charge in [-0.15, -0.1) is 0 Å². The van der Waals surface area contributed by atoms with Crippen molar-refractivity contribution in [3.63, 3.8) is 0 Å². The summed E-state index contributed by atoms with van der Waals surface area (Å²) in [4.78, 5) is 30.3. The summed E-state index contributed by atoms with van der Waals surface area (Å²) in [6.07, 6.45) is 2.31. The van der Waals surface area contributed by atoms with Crippen LogP contribution in [0.5, 0.6) is 0 Å². The van der Waals surface area contributed by atoms with Gasteiger partial charge in [0.1, 0.15) is 11.5 Å². The Kier molecular flexibility index (Phi) is 4.62. The number of aromatic carboxylic acids is 1. The lowest BCUT2D eigenvalue weighted by Crippen LogP contribution is -2.15. The molecule has 0 unspecified atom stereocenters. The third-order valence-corrected chi connectivity index (χ3v) is 3.63. The van der Waals surface area contributed by atoms with Crippen LogP contribution >= 0.6 is 34.8 Å². The Morgan fingerprint density at radius 2 is 1.76 bits per heavy atom. The molecule has 2 N–H and O–H groups in total. The number of carbonyl (C=O) groups is 2. The van der Waals surface area contributed by atoms with E-state index in [1.54, 1.807) is 0 Å². The van der Waals surface area contributed by atoms with Gasteiger partial charge in [0.15, 0.2) is 0 Å². The molecule has 0 aliphatic rings. The predicted molar refractivity (Wildman–Crippen MR) is 78.4 cm³/mol. The molecule has 0 atom stereocenters. The molecule has 6 nitrogen and oxygen atoms in total. The minimum atomic E-state index is -1.12. The summed E-state index contributed by atoms with van der Waals surface area (Å²) in [6, 6.07) is 2.64. The smallest absolute Gasteiger partial charge is 0.337 e. The number of carbonyl (C=O) groups excluding carboxylic acids is 1. The number of carboxylic acid groups (broad SMARTS) is 1. The number of amides is 1. The van der Waals surface area contributed by atoms with Gasteiger partial charge < -0.3 is 10.4 Å². The van der Waals surface area contributed by atoms with Crippen molar-refractivity contribution in [1.29, 1.82) is 0 Å². The van der Waals surface area contributed by atoms with Gasteiger partial charge in [0.05, 0.1) is 20.6 Å². The average molecular weight is 347 g/mol. The summed E-state index contributed by atoms with van der Waals surface area (Å²) in [5.74, 6) is -1.61. The molecule has 0 bridgehead atoms. The lowest BCUT2D eigenvalue weighted by molar-refractivity contribution is 0.0696. The molecule has 0 radical (unpaired) electrons. The third-order valence-electron chi connectivity index (χ3n) is 2.38. The normalized spacial score (nSPS) is 10.2. The number of nitrogens with zero attached hydrogens (tertiary/aromatic N) is 2. The first-order valence-electron chi connectivity index (χ1n) is 5.40. The van der Waals surface area contributed by atoms with Gasteiger partial charge in [0.2, 0.25) is 0 Å². The van der Waals surface area contributed by atoms with Crippen LogP contribution in [0, 0.1) is 0 Å². The quantitative estimate of drug-likeness (QED) is 0.888. The maximum Gasteiger partial charge on any atom is 0.337 e. The molecular formula is C12H6Cl3N3O3. The monoisotopic (exact) mass is 345 g/mol. The number of rotatable bonds is 3. The van der Waals surface area contributed by atoms with Crippen LogP contribution in [0.25, 0.3) is 0 Å². The molecular weight excluding hydrogens is 341 g/mol. The molecule has 2 rings (SSSR count). The van der Waals surface area contributed by atoms with E-state index in [4.69, 9.17) is 39.9 Å². The molecule has 0 aliphatic heterocycles. The molecule has 0 saturated carbocycles. The van der Waals surface area contributed by atoms with E-state index >= 15 is 0 Å². The molecule has 108 valence electrons. The van der Waals surface area contributed by atoms with Crippen LogP contribution in [-0.4, -0.2) is 27.0 Å². The minimum Gasteiger partial charge on any atom is -0.478 e. The summed E-state index contributed by atoms with van der Waals surface area (Å²) in [6.45, 7) is 0. The number of hydrogen-bond donors (Lipinski definition) is 2. The van der Waals surface area contributed by atoms with E-state index < -0.39 is 11.9 Å². The fourth-order valence-corrected chi connectivity index (χ4v) is 1.94. The zero-order chi connectivity index (χ0) is 15.6. The van der Waals surface area contributed by atoms with E-state index in [1.807, 2.05) is 0 Å². The molecule has 0 aromatic carbocycles. The SMILES string of the molecule is O=C(O)c1ccc(NC(=O)c2ncc(Cl)c(Cl)c2Cl)nc1. The number of nitrogens with one attached hydrogen (secondary N) is 1. The number of carboxylic acids is 1. The van der Waals surface area contributed by atoms with Gasteiger partial charge in [0, 0.05) is 12.4 Å². The van der Waals surface area contributed by atoms with Gasteiger partial charge in [-0.1, -0.05) is 34.8 Å². The highest BCUT2D eigenvalue weighted by Gasteiger charge is 2.17. The average Bonchev–Trinajstić information content (AvgIpc) is 2.45. The molecule has 21 heavy (non-hydrogen) atoms. The summed E-state index contributed by atoms with van der Waals surface area (Å²) in [7, 11) is 0. The van der Waals surface area contributed by atoms with E-state index in [2.05, 4.69) is 15.3 Å². The Labute approximate surface area is 133 Å². The summed E-state index contributed by atoms with van der Waals surface area (Å²) >= 11 is 17.4. The summed E-state index contributed by atoms with van der Waals surface area (Å²) in [5, 5.41) is 11.2. The first-order chi connectivity index (χ1) is 9.90. The summed E-state index contributed by atoms with van der Waals surface area (Å²) < 4.78 is 0. The second kappa shape index (κ2) is 6.26. The number of aromatic nitrogens is 2. The van der Waals surface area contributed by atoms with Crippen molar-refractivity contribution in [3.8, 4) is 0 Å². The Morgan fingerprint density at radius 3 is 2.33 bits per heavy atom. The van der Waals surface area contributed by atoms with Crippen LogP contribution in [0.15, 0.2) is 24.5 Å². The molecule has 2 heterocycles. The summed E-state index contributed by atoms with van der Waals surface area (Å²) in [5.41, 5.74) is -0.117. The molecule has 0 spiro atoms. The van der Waals surface area contributed by atoms with Crippen LogP contribution < -0.4 is 5.32 Å². The van der Waals surface area contributed by atoms with Gasteiger partial charge in [-0.2, -0.15) is 0 Å². The Balaban J connectivity index is 2.22. The van der Waals surface area contributed by atoms with Crippen molar-refractivity contribution in [2.75, 3.05) is 5.32 Å². The molecule has 0 fully saturated rings. The number of hydrogen-bond acceptors (Lipinski definition) is 4. The molecule has 1 amide bonds. The lowest BCUT2D eigenvalue weighted by Gasteiger charge is -2.07. The fourth-order valence-electron chi connectivity index (χ4n) is 1.37. The zero-order valence-electron chi connectivity index (χ0n) is 10.1. The predicted octanol–water partition coefficient (Wildman–Crippen LogP) is 3.39. The maximum absolute atomic E-state index is 12.0. The molecule has 0 aliphatic carbocycles. The van der Waals surface area contributed by atoms with Gasteiger partial charge in [-0.05, 0) is 12.1 Å². The molecule has 2 aromatic rings. The molecule has 0 saturated heterocycles. The van der Waals surface area contributed by atoms with Gasteiger partial charge >= 0.3 is 5.97 Å². The Morgan fingerprint density at radius 1 is 1.05 bits per heavy atom. The lowest BCUT2D eigenvalue weighted by atomic mass is 10.3. The highest BCUT2D eigenvalue weighted by Crippen LogP contribution is 2.31. The van der Waals surface area contributed by atoms with Gasteiger partial charge in [0.25, 0.3) is 5.91 Å². The van der Waals surface area contributed by atoms with Crippen molar-refractivity contribution in [1.82, 2.24) is 9.97 Å². The molecule has 2 aromatic heterocycles. The van der Waals surface area contributed by atoms with Crippen molar-refractivity contribution in [3.05, 3.63) is 50.9 Å². The second-order valence-corrected chi connectivity index (χ2v) is 4.94. The second-order valence-electron chi connectivity index (χ2n) is 3.77. The van der Waals surface area contributed by atoms with E-state index in [0.29, 0.717) is 0 Å². The first kappa shape index (κ1) is 15.5. The van der Waals surface area contributed by atoms with Crippen molar-refractivity contribution < 1.29 is 14.7 Å². The fraction of sp³-hybridized carbons (Fsp3) is 0. The number of pyridine rings is 2. The topological polar surface area (TPSA) is 92.2 Å². The van der Waals surface area contributed by atoms with Crippen LogP contribution in [0.2, 0.25) is 15.1 Å². The highest BCUT2D eigenvalue weighted by molar-refractivity contribution is 6.49. The third kappa shape index (κ3) is 3.41. The largest absolute Gasteiger partial charge is 0.478 e. The van der Waals surface area contributed by atoms with Crippen LogP contribution in [0.4, 0.5) is 5.82 Å². The Hall–Kier alpha value is -1.89. The number of anilines is 1. The van der Waals surface area contributed by atoms with Crippen molar-refractivity contribution in [2.24, 2.45) is 0 Å². The standard InChI is InChI=1S/C12H6Cl3N3O3/c13-6-4-17-10(9(15)8(6)14)11(19)18-7-2-1-5(3-16-7)12(20)21/h1-4H,(H,20,21)(H,16,18,19). The minimum absolute atomic E-state index is 0.00121. The number of halogens is 3. The van der Waals surface area contributed by atoms with E-state index in [1.165, 1.54) is 18.3 Å². The van der Waals surface area contributed by atoms with Gasteiger partial charge in [-0.3, -0.25) is 4.79 Å². The van der Waals surface area contributed by atoms with E-state index in [9.17, 15) is 9.59 Å². The molecule has 9 heteroatoms. The van der Waals surface area contributed by atoms with Crippen LogP contribution in [-0.2, 0) is 0 Å². The zero-order valence-corrected chi connectivity index (χ0v) is 12.4. The van der Waals surface area contributed by atoms with Gasteiger partial charge in [-0.25, -0.2) is 14.8 Å². The van der Waals surface area contributed by atoms with E-state index in [0.717, 1.165) is 6.20 Å². The van der Waals surface area contributed by atoms with Crippen molar-refractivity contribution >= 4 is 52.5 Å². The Bertz CT molecular complexity index is 720. The van der Waals surface area contributed by atoms with Crippen LogP contribution in [0.3, 0.4) is 0 Å².